The molecule has 1 amide bonds. The first-order valence-corrected chi connectivity index (χ1v) is 7.39. The number of nitrogens with zero attached hydrogens (tertiary/aromatic N) is 1. The van der Waals surface area contributed by atoms with Crippen molar-refractivity contribution in [1.82, 2.24) is 10.2 Å². The van der Waals surface area contributed by atoms with Gasteiger partial charge in [-0.1, -0.05) is 13.3 Å². The topological polar surface area (TPSA) is 67.6 Å². The number of carbonyl (C=O) groups excluding carboxylic acids is 1. The Balaban J connectivity index is 2.23. The molecule has 1 saturated heterocycles. The van der Waals surface area contributed by atoms with Crippen LogP contribution in [0.3, 0.4) is 0 Å². The lowest BCUT2D eigenvalue weighted by Gasteiger charge is -2.37. The number of amides is 1. The Morgan fingerprint density at radius 1 is 1.47 bits per heavy atom. The molecule has 1 aliphatic heterocycles. The van der Waals surface area contributed by atoms with Gasteiger partial charge in [-0.2, -0.15) is 0 Å². The second-order valence-corrected chi connectivity index (χ2v) is 5.38. The van der Waals surface area contributed by atoms with E-state index in [4.69, 9.17) is 10.5 Å². The molecule has 5 nitrogen and oxygen atoms in total. The maximum absolute atomic E-state index is 11.8. The number of carbonyl (C=O) groups is 1. The molecule has 0 aromatic rings. The Labute approximate surface area is 116 Å². The summed E-state index contributed by atoms with van der Waals surface area (Å²) in [6, 6.07) is 0. The number of likely N-dealkylation sites (tertiary alicyclic amines) is 1. The average Bonchev–Trinajstić information content (AvgIpc) is 2.43. The van der Waals surface area contributed by atoms with E-state index in [2.05, 4.69) is 17.1 Å². The first-order valence-electron chi connectivity index (χ1n) is 7.39. The van der Waals surface area contributed by atoms with Gasteiger partial charge in [-0.25, -0.2) is 0 Å². The van der Waals surface area contributed by atoms with Gasteiger partial charge in [-0.3, -0.25) is 9.69 Å². The number of methoxy groups -OCH3 is 1. The Kier molecular flexibility index (Phi) is 8.02. The van der Waals surface area contributed by atoms with Crippen LogP contribution in [0.25, 0.3) is 0 Å². The summed E-state index contributed by atoms with van der Waals surface area (Å²) in [6.45, 7) is 6.88. The smallest absolute Gasteiger partial charge is 0.234 e. The summed E-state index contributed by atoms with van der Waals surface area (Å²) in [7, 11) is 1.67. The maximum Gasteiger partial charge on any atom is 0.234 e. The van der Waals surface area contributed by atoms with Crippen molar-refractivity contribution in [3.63, 3.8) is 0 Å². The lowest BCUT2D eigenvalue weighted by atomic mass is 9.84. The van der Waals surface area contributed by atoms with Crippen LogP contribution in [0, 0.1) is 11.8 Å². The number of hydrogen-bond acceptors (Lipinski definition) is 4. The minimum absolute atomic E-state index is 0.122. The van der Waals surface area contributed by atoms with Crippen LogP contribution in [-0.4, -0.2) is 57.2 Å². The molecule has 2 atom stereocenters. The highest BCUT2D eigenvalue weighted by Crippen LogP contribution is 2.24. The second-order valence-electron chi connectivity index (χ2n) is 5.38. The van der Waals surface area contributed by atoms with Crippen molar-refractivity contribution in [2.24, 2.45) is 17.6 Å². The van der Waals surface area contributed by atoms with E-state index in [-0.39, 0.29) is 5.91 Å². The molecular weight excluding hydrogens is 242 g/mol. The normalized spacial score (nSPS) is 24.4. The molecule has 19 heavy (non-hydrogen) atoms. The molecule has 1 aliphatic rings. The van der Waals surface area contributed by atoms with Crippen LogP contribution in [0.2, 0.25) is 0 Å². The number of ether oxygens (including phenoxy) is 1. The second kappa shape index (κ2) is 9.28. The summed E-state index contributed by atoms with van der Waals surface area (Å²) in [6.07, 6.45) is 3.13. The molecule has 1 rings (SSSR count). The number of nitrogens with one attached hydrogen (secondary N) is 1. The van der Waals surface area contributed by atoms with Gasteiger partial charge >= 0.3 is 0 Å². The van der Waals surface area contributed by atoms with Gasteiger partial charge in [-0.05, 0) is 37.8 Å². The van der Waals surface area contributed by atoms with E-state index in [1.54, 1.807) is 7.11 Å². The third-order valence-corrected chi connectivity index (χ3v) is 4.02. The van der Waals surface area contributed by atoms with Crippen LogP contribution in [0.4, 0.5) is 0 Å². The highest BCUT2D eigenvalue weighted by molar-refractivity contribution is 5.77. The van der Waals surface area contributed by atoms with E-state index >= 15 is 0 Å². The van der Waals surface area contributed by atoms with Crippen molar-refractivity contribution in [1.29, 1.82) is 0 Å². The molecule has 3 N–H and O–H groups in total. The molecule has 0 aromatic carbocycles. The van der Waals surface area contributed by atoms with Gasteiger partial charge in [0.15, 0.2) is 0 Å². The zero-order valence-electron chi connectivity index (χ0n) is 12.4. The van der Waals surface area contributed by atoms with E-state index in [0.717, 1.165) is 38.9 Å². The molecule has 0 bridgehead atoms. The van der Waals surface area contributed by atoms with Gasteiger partial charge in [0.1, 0.15) is 0 Å². The fourth-order valence-corrected chi connectivity index (χ4v) is 2.78. The van der Waals surface area contributed by atoms with Gasteiger partial charge in [0, 0.05) is 26.8 Å². The first-order chi connectivity index (χ1) is 9.21. The molecule has 112 valence electrons. The SMILES string of the molecule is CCC1CN(CC(=O)NCCCOC)CCC1CN. The monoisotopic (exact) mass is 271 g/mol. The fourth-order valence-electron chi connectivity index (χ4n) is 2.78. The molecule has 0 aromatic heterocycles. The zero-order chi connectivity index (χ0) is 14.1. The van der Waals surface area contributed by atoms with E-state index < -0.39 is 0 Å². The standard InChI is InChI=1S/C14H29N3O2/c1-3-12-10-17(7-5-13(12)9-15)11-14(18)16-6-4-8-19-2/h12-13H,3-11,15H2,1-2H3,(H,16,18). The predicted octanol–water partition coefficient (Wildman–Crippen LogP) is 0.446. The molecule has 2 unspecified atom stereocenters. The van der Waals surface area contributed by atoms with Crippen LogP contribution >= 0.6 is 0 Å². The lowest BCUT2D eigenvalue weighted by Crippen LogP contribution is -2.46. The summed E-state index contributed by atoms with van der Waals surface area (Å²) in [4.78, 5) is 14.1. The molecular formula is C14H29N3O2. The predicted molar refractivity (Wildman–Crippen MR) is 76.9 cm³/mol. The van der Waals surface area contributed by atoms with E-state index in [0.29, 0.717) is 31.5 Å². The maximum atomic E-state index is 11.8. The largest absolute Gasteiger partial charge is 0.385 e. The van der Waals surface area contributed by atoms with Crippen molar-refractivity contribution < 1.29 is 9.53 Å². The summed E-state index contributed by atoms with van der Waals surface area (Å²) in [5.41, 5.74) is 5.80. The van der Waals surface area contributed by atoms with Crippen LogP contribution < -0.4 is 11.1 Å². The van der Waals surface area contributed by atoms with Gasteiger partial charge in [0.2, 0.25) is 5.91 Å². The van der Waals surface area contributed by atoms with Crippen LogP contribution in [-0.2, 0) is 9.53 Å². The van der Waals surface area contributed by atoms with Crippen molar-refractivity contribution in [2.75, 3.05) is 46.4 Å². The lowest BCUT2D eigenvalue weighted by molar-refractivity contribution is -0.122. The quantitative estimate of drug-likeness (QED) is 0.629. The number of piperidine rings is 1. The van der Waals surface area contributed by atoms with Crippen molar-refractivity contribution >= 4 is 5.91 Å². The molecule has 0 aliphatic carbocycles. The minimum atomic E-state index is 0.122. The van der Waals surface area contributed by atoms with Gasteiger partial charge < -0.3 is 15.8 Å². The summed E-state index contributed by atoms with van der Waals surface area (Å²) in [5.74, 6) is 1.39. The number of nitrogens with two attached hydrogens (primary N) is 1. The van der Waals surface area contributed by atoms with E-state index in [1.165, 1.54) is 0 Å². The van der Waals surface area contributed by atoms with Crippen LogP contribution in [0.1, 0.15) is 26.2 Å². The fraction of sp³-hybridized carbons (Fsp3) is 0.929. The van der Waals surface area contributed by atoms with Crippen molar-refractivity contribution in [2.45, 2.75) is 26.2 Å². The summed E-state index contributed by atoms with van der Waals surface area (Å²) in [5, 5.41) is 2.94. The highest BCUT2D eigenvalue weighted by Gasteiger charge is 2.27. The average molecular weight is 271 g/mol. The van der Waals surface area contributed by atoms with Gasteiger partial charge in [0.25, 0.3) is 0 Å². The van der Waals surface area contributed by atoms with E-state index in [1.807, 2.05) is 0 Å². The molecule has 1 fully saturated rings. The van der Waals surface area contributed by atoms with Gasteiger partial charge in [0.05, 0.1) is 6.54 Å². The zero-order valence-corrected chi connectivity index (χ0v) is 12.4. The number of rotatable bonds is 8. The Morgan fingerprint density at radius 2 is 2.26 bits per heavy atom. The molecule has 0 saturated carbocycles. The van der Waals surface area contributed by atoms with E-state index in [9.17, 15) is 4.79 Å². The van der Waals surface area contributed by atoms with Gasteiger partial charge in [-0.15, -0.1) is 0 Å². The minimum Gasteiger partial charge on any atom is -0.385 e. The van der Waals surface area contributed by atoms with Crippen LogP contribution in [0.15, 0.2) is 0 Å². The Hall–Kier alpha value is -0.650. The Morgan fingerprint density at radius 3 is 2.89 bits per heavy atom. The third kappa shape index (κ3) is 5.89. The van der Waals surface area contributed by atoms with Crippen molar-refractivity contribution in [3.8, 4) is 0 Å². The van der Waals surface area contributed by atoms with Crippen molar-refractivity contribution in [3.05, 3.63) is 0 Å². The molecule has 0 radical (unpaired) electrons. The highest BCUT2D eigenvalue weighted by atomic mass is 16.5. The molecule has 5 heteroatoms. The Bertz CT molecular complexity index is 261. The summed E-state index contributed by atoms with van der Waals surface area (Å²) >= 11 is 0. The third-order valence-electron chi connectivity index (χ3n) is 4.02. The number of hydrogen-bond donors (Lipinski definition) is 2. The summed E-state index contributed by atoms with van der Waals surface area (Å²) < 4.78 is 4.95. The molecule has 1 heterocycles. The van der Waals surface area contributed by atoms with Crippen LogP contribution in [0.5, 0.6) is 0 Å². The first kappa shape index (κ1) is 16.4. The molecule has 0 spiro atoms.